The van der Waals surface area contributed by atoms with Crippen molar-refractivity contribution in [3.05, 3.63) is 20.8 Å². The van der Waals surface area contributed by atoms with Crippen LogP contribution in [-0.2, 0) is 4.74 Å². The summed E-state index contributed by atoms with van der Waals surface area (Å²) >= 11 is 5.49. The van der Waals surface area contributed by atoms with E-state index in [9.17, 15) is 0 Å². The van der Waals surface area contributed by atoms with Crippen molar-refractivity contribution in [3.63, 3.8) is 0 Å². The maximum absolute atomic E-state index is 6.21. The van der Waals surface area contributed by atoms with E-state index in [1.807, 2.05) is 11.3 Å². The van der Waals surface area contributed by atoms with Crippen molar-refractivity contribution in [1.29, 1.82) is 0 Å². The molecule has 1 N–H and O–H groups in total. The van der Waals surface area contributed by atoms with Crippen LogP contribution < -0.4 is 5.32 Å². The van der Waals surface area contributed by atoms with E-state index in [-0.39, 0.29) is 5.60 Å². The van der Waals surface area contributed by atoms with Gasteiger partial charge in [-0.25, -0.2) is 0 Å². The Kier molecular flexibility index (Phi) is 5.24. The molecule has 1 heterocycles. The van der Waals surface area contributed by atoms with Crippen LogP contribution in [0.4, 0.5) is 0 Å². The van der Waals surface area contributed by atoms with Crippen molar-refractivity contribution in [2.75, 3.05) is 13.2 Å². The van der Waals surface area contributed by atoms with Crippen molar-refractivity contribution in [3.8, 4) is 0 Å². The molecule has 2 rings (SSSR count). The van der Waals surface area contributed by atoms with Gasteiger partial charge in [0.2, 0.25) is 0 Å². The summed E-state index contributed by atoms with van der Waals surface area (Å²) in [7, 11) is 0. The van der Waals surface area contributed by atoms with E-state index in [4.69, 9.17) is 4.74 Å². The number of halogens is 1. The average Bonchev–Trinajstić information content (AvgIpc) is 2.97. The first-order chi connectivity index (χ1) is 8.73. The van der Waals surface area contributed by atoms with Crippen LogP contribution in [0.25, 0.3) is 0 Å². The maximum atomic E-state index is 6.21. The molecular formula is C14H22BrNOS. The summed E-state index contributed by atoms with van der Waals surface area (Å²) < 4.78 is 7.42. The number of rotatable bonds is 6. The highest BCUT2D eigenvalue weighted by Gasteiger charge is 2.43. The fourth-order valence-electron chi connectivity index (χ4n) is 3.01. The fraction of sp³-hybridized carbons (Fsp3) is 0.714. The average molecular weight is 332 g/mol. The van der Waals surface area contributed by atoms with E-state index < -0.39 is 0 Å². The second-order valence-electron chi connectivity index (χ2n) is 4.83. The predicted octanol–water partition coefficient (Wildman–Crippen LogP) is 4.51. The van der Waals surface area contributed by atoms with Gasteiger partial charge in [0, 0.05) is 16.0 Å². The third-order valence-electron chi connectivity index (χ3n) is 3.72. The Morgan fingerprint density at radius 3 is 2.67 bits per heavy atom. The standard InChI is InChI=1S/C14H22BrNOS/c1-3-16-13(12-11(15)7-10-18-12)14(17-4-2)8-5-6-9-14/h7,10,13,16H,3-6,8-9H2,1-2H3. The zero-order chi connectivity index (χ0) is 13.0. The SMILES string of the molecule is CCNC(c1sccc1Br)C1(OCC)CCCC1. The van der Waals surface area contributed by atoms with E-state index in [1.54, 1.807) is 0 Å². The van der Waals surface area contributed by atoms with Crippen molar-refractivity contribution in [2.24, 2.45) is 0 Å². The first kappa shape index (κ1) is 14.5. The smallest absolute Gasteiger partial charge is 0.0884 e. The quantitative estimate of drug-likeness (QED) is 0.827. The number of likely N-dealkylation sites (N-methyl/N-ethyl adjacent to an activating group) is 1. The van der Waals surface area contributed by atoms with Gasteiger partial charge >= 0.3 is 0 Å². The molecule has 0 amide bonds. The third-order valence-corrected chi connectivity index (χ3v) is 5.66. The zero-order valence-electron chi connectivity index (χ0n) is 11.2. The lowest BCUT2D eigenvalue weighted by atomic mass is 9.90. The summed E-state index contributed by atoms with van der Waals surface area (Å²) in [6.07, 6.45) is 4.90. The molecule has 2 nitrogen and oxygen atoms in total. The molecule has 4 heteroatoms. The monoisotopic (exact) mass is 331 g/mol. The first-order valence-corrected chi connectivity index (χ1v) is 8.51. The molecule has 0 saturated heterocycles. The molecule has 1 aliphatic rings. The minimum absolute atomic E-state index is 0.00185. The molecule has 0 bridgehead atoms. The molecule has 0 spiro atoms. The van der Waals surface area contributed by atoms with Gasteiger partial charge in [0.1, 0.15) is 0 Å². The van der Waals surface area contributed by atoms with Gasteiger partial charge in [0.15, 0.2) is 0 Å². The molecule has 1 atom stereocenters. The molecule has 18 heavy (non-hydrogen) atoms. The molecule has 0 aromatic carbocycles. The molecule has 102 valence electrons. The van der Waals surface area contributed by atoms with Gasteiger partial charge in [-0.1, -0.05) is 19.8 Å². The molecule has 0 radical (unpaired) electrons. The molecule has 1 unspecified atom stereocenters. The van der Waals surface area contributed by atoms with Crippen molar-refractivity contribution in [1.82, 2.24) is 5.32 Å². The van der Waals surface area contributed by atoms with Crippen LogP contribution in [0.3, 0.4) is 0 Å². The van der Waals surface area contributed by atoms with Gasteiger partial charge in [0.25, 0.3) is 0 Å². The summed E-state index contributed by atoms with van der Waals surface area (Å²) in [4.78, 5) is 1.38. The molecule has 1 aromatic rings. The Labute approximate surface area is 122 Å². The second kappa shape index (κ2) is 6.51. The topological polar surface area (TPSA) is 21.3 Å². The molecule has 1 aromatic heterocycles. The first-order valence-electron chi connectivity index (χ1n) is 6.83. The number of ether oxygens (including phenoxy) is 1. The van der Waals surface area contributed by atoms with E-state index in [0.29, 0.717) is 6.04 Å². The Hall–Kier alpha value is 0.1000. The van der Waals surface area contributed by atoms with Crippen LogP contribution in [0.15, 0.2) is 15.9 Å². The van der Waals surface area contributed by atoms with Crippen LogP contribution in [0.2, 0.25) is 0 Å². The lowest BCUT2D eigenvalue weighted by Gasteiger charge is -2.37. The summed E-state index contributed by atoms with van der Waals surface area (Å²) in [6, 6.07) is 2.46. The normalized spacial score (nSPS) is 20.2. The van der Waals surface area contributed by atoms with Gasteiger partial charge in [0.05, 0.1) is 11.6 Å². The van der Waals surface area contributed by atoms with Gasteiger partial charge in [-0.2, -0.15) is 0 Å². The predicted molar refractivity (Wildman–Crippen MR) is 81.3 cm³/mol. The van der Waals surface area contributed by atoms with Crippen LogP contribution in [0.1, 0.15) is 50.4 Å². The largest absolute Gasteiger partial charge is 0.373 e. The second-order valence-corrected chi connectivity index (χ2v) is 6.63. The highest BCUT2D eigenvalue weighted by atomic mass is 79.9. The Morgan fingerprint density at radius 1 is 1.44 bits per heavy atom. The van der Waals surface area contributed by atoms with Crippen molar-refractivity contribution < 1.29 is 4.74 Å². The Balaban J connectivity index is 2.30. The van der Waals surface area contributed by atoms with Crippen LogP contribution in [-0.4, -0.2) is 18.8 Å². The lowest BCUT2D eigenvalue weighted by molar-refractivity contribution is -0.0616. The van der Waals surface area contributed by atoms with Gasteiger partial charge < -0.3 is 10.1 Å². The van der Waals surface area contributed by atoms with Gasteiger partial charge in [-0.15, -0.1) is 11.3 Å². The molecule has 1 fully saturated rings. The Morgan fingerprint density at radius 2 is 2.17 bits per heavy atom. The number of hydrogen-bond acceptors (Lipinski definition) is 3. The minimum Gasteiger partial charge on any atom is -0.373 e. The van der Waals surface area contributed by atoms with Gasteiger partial charge in [-0.05, 0) is 53.7 Å². The van der Waals surface area contributed by atoms with Crippen molar-refractivity contribution in [2.45, 2.75) is 51.2 Å². The summed E-state index contributed by atoms with van der Waals surface area (Å²) in [5, 5.41) is 5.80. The van der Waals surface area contributed by atoms with E-state index in [1.165, 1.54) is 35.0 Å². The molecule has 0 aliphatic heterocycles. The van der Waals surface area contributed by atoms with Crippen LogP contribution in [0, 0.1) is 0 Å². The van der Waals surface area contributed by atoms with Crippen LogP contribution >= 0.6 is 27.3 Å². The summed E-state index contributed by atoms with van der Waals surface area (Å²) in [6.45, 7) is 6.05. The van der Waals surface area contributed by atoms with E-state index >= 15 is 0 Å². The zero-order valence-corrected chi connectivity index (χ0v) is 13.6. The summed E-state index contributed by atoms with van der Waals surface area (Å²) in [5.41, 5.74) is -0.00185. The molecule has 1 aliphatic carbocycles. The molecule has 1 saturated carbocycles. The van der Waals surface area contributed by atoms with E-state index in [0.717, 1.165) is 13.2 Å². The maximum Gasteiger partial charge on any atom is 0.0884 e. The van der Waals surface area contributed by atoms with Crippen molar-refractivity contribution >= 4 is 27.3 Å². The lowest BCUT2D eigenvalue weighted by Crippen LogP contribution is -2.44. The number of nitrogens with one attached hydrogen (secondary N) is 1. The summed E-state index contributed by atoms with van der Waals surface area (Å²) in [5.74, 6) is 0. The Bertz CT molecular complexity index is 374. The minimum atomic E-state index is -0.00185. The van der Waals surface area contributed by atoms with Gasteiger partial charge in [-0.3, -0.25) is 0 Å². The highest BCUT2D eigenvalue weighted by molar-refractivity contribution is 9.10. The van der Waals surface area contributed by atoms with E-state index in [2.05, 4.69) is 46.5 Å². The van der Waals surface area contributed by atoms with Crippen LogP contribution in [0.5, 0.6) is 0 Å². The number of thiophene rings is 1. The highest BCUT2D eigenvalue weighted by Crippen LogP contribution is 2.46. The third kappa shape index (κ3) is 2.82. The fourth-order valence-corrected chi connectivity index (χ4v) is 4.79. The number of hydrogen-bond donors (Lipinski definition) is 1. The molecular weight excluding hydrogens is 310 g/mol.